The number of nitrogens with zero attached hydrogens (tertiary/aromatic N) is 2. The molecule has 2 aliphatic heterocycles. The first-order valence-electron chi connectivity index (χ1n) is 9.47. The standard InChI is InChI=1S/C20H30N2O2/c1-17-9-2-3-11-19(17)24-16-8-15-21-12-5-4-10-18(21)20(23)22-13-6-7-14-22/h2-3,9,11,18H,4-8,10,12-16H2,1H3. The second kappa shape index (κ2) is 8.52. The number of piperidine rings is 1. The van der Waals surface area contributed by atoms with Gasteiger partial charge in [-0.2, -0.15) is 0 Å². The van der Waals surface area contributed by atoms with Crippen LogP contribution in [-0.2, 0) is 4.79 Å². The number of aryl methyl sites for hydroxylation is 1. The molecule has 0 bridgehead atoms. The molecule has 2 heterocycles. The molecule has 0 N–H and O–H groups in total. The Bertz CT molecular complexity index is 540. The van der Waals surface area contributed by atoms with Gasteiger partial charge in [0.25, 0.3) is 0 Å². The van der Waals surface area contributed by atoms with E-state index < -0.39 is 0 Å². The Kier molecular flexibility index (Phi) is 6.13. The summed E-state index contributed by atoms with van der Waals surface area (Å²) in [4.78, 5) is 17.2. The molecule has 1 unspecified atom stereocenters. The van der Waals surface area contributed by atoms with Crippen LogP contribution in [-0.4, -0.2) is 54.5 Å². The quantitative estimate of drug-likeness (QED) is 0.751. The summed E-state index contributed by atoms with van der Waals surface area (Å²) in [6.07, 6.45) is 6.72. The van der Waals surface area contributed by atoms with Gasteiger partial charge in [-0.25, -0.2) is 0 Å². The van der Waals surface area contributed by atoms with Gasteiger partial charge in [0.05, 0.1) is 12.6 Å². The summed E-state index contributed by atoms with van der Waals surface area (Å²) in [5.74, 6) is 1.34. The van der Waals surface area contributed by atoms with Gasteiger partial charge in [0.2, 0.25) is 5.91 Å². The van der Waals surface area contributed by atoms with E-state index in [1.54, 1.807) is 0 Å². The molecule has 2 aliphatic rings. The summed E-state index contributed by atoms with van der Waals surface area (Å²) in [6.45, 7) is 6.71. The number of benzene rings is 1. The summed E-state index contributed by atoms with van der Waals surface area (Å²) in [5, 5.41) is 0. The fraction of sp³-hybridized carbons (Fsp3) is 0.650. The highest BCUT2D eigenvalue weighted by molar-refractivity contribution is 5.82. The highest BCUT2D eigenvalue weighted by Gasteiger charge is 2.32. The maximum Gasteiger partial charge on any atom is 0.239 e. The van der Waals surface area contributed by atoms with Crippen molar-refractivity contribution >= 4 is 5.91 Å². The van der Waals surface area contributed by atoms with Crippen molar-refractivity contribution in [3.8, 4) is 5.75 Å². The van der Waals surface area contributed by atoms with Crippen LogP contribution in [0.5, 0.6) is 5.75 Å². The van der Waals surface area contributed by atoms with Crippen molar-refractivity contribution in [2.75, 3.05) is 32.8 Å². The van der Waals surface area contributed by atoms with Crippen LogP contribution in [0.25, 0.3) is 0 Å². The summed E-state index contributed by atoms with van der Waals surface area (Å²) >= 11 is 0. The van der Waals surface area contributed by atoms with Gasteiger partial charge in [0, 0.05) is 19.6 Å². The molecular weight excluding hydrogens is 300 g/mol. The second-order valence-corrected chi connectivity index (χ2v) is 7.05. The maximum absolute atomic E-state index is 12.8. The monoisotopic (exact) mass is 330 g/mol. The minimum Gasteiger partial charge on any atom is -0.493 e. The Balaban J connectivity index is 1.47. The average Bonchev–Trinajstić information content (AvgIpc) is 3.14. The first kappa shape index (κ1) is 17.3. The molecule has 0 aromatic heterocycles. The number of hydrogen-bond acceptors (Lipinski definition) is 3. The Morgan fingerprint density at radius 2 is 1.88 bits per heavy atom. The average molecular weight is 330 g/mol. The lowest BCUT2D eigenvalue weighted by atomic mass is 10.0. The minimum atomic E-state index is 0.107. The molecule has 0 radical (unpaired) electrons. The van der Waals surface area contributed by atoms with Gasteiger partial charge in [0.1, 0.15) is 5.75 Å². The second-order valence-electron chi connectivity index (χ2n) is 7.05. The number of ether oxygens (including phenoxy) is 1. The van der Waals surface area contributed by atoms with Crippen molar-refractivity contribution in [3.05, 3.63) is 29.8 Å². The van der Waals surface area contributed by atoms with Crippen LogP contribution in [0.2, 0.25) is 0 Å². The Labute approximate surface area is 145 Å². The van der Waals surface area contributed by atoms with Crippen LogP contribution in [0.4, 0.5) is 0 Å². The molecule has 1 amide bonds. The zero-order valence-corrected chi connectivity index (χ0v) is 14.9. The van der Waals surface area contributed by atoms with Crippen molar-refractivity contribution in [2.45, 2.75) is 51.5 Å². The van der Waals surface area contributed by atoms with E-state index in [9.17, 15) is 4.79 Å². The normalized spacial score (nSPS) is 21.9. The zero-order valence-electron chi connectivity index (χ0n) is 14.9. The molecule has 4 nitrogen and oxygen atoms in total. The van der Waals surface area contributed by atoms with E-state index in [2.05, 4.69) is 22.8 Å². The van der Waals surface area contributed by atoms with E-state index in [1.165, 1.54) is 31.2 Å². The van der Waals surface area contributed by atoms with E-state index in [4.69, 9.17) is 4.74 Å². The predicted octanol–water partition coefficient (Wildman–Crippen LogP) is 3.24. The van der Waals surface area contributed by atoms with Gasteiger partial charge < -0.3 is 9.64 Å². The summed E-state index contributed by atoms with van der Waals surface area (Å²) in [7, 11) is 0. The van der Waals surface area contributed by atoms with E-state index in [1.807, 2.05) is 18.2 Å². The molecule has 3 rings (SSSR count). The maximum atomic E-state index is 12.8. The lowest BCUT2D eigenvalue weighted by Crippen LogP contribution is -2.50. The molecule has 132 valence electrons. The number of para-hydroxylation sites is 1. The first-order valence-corrected chi connectivity index (χ1v) is 9.47. The number of amides is 1. The molecular formula is C20H30N2O2. The van der Waals surface area contributed by atoms with Crippen LogP contribution in [0.1, 0.15) is 44.1 Å². The smallest absolute Gasteiger partial charge is 0.239 e. The lowest BCUT2D eigenvalue weighted by Gasteiger charge is -2.36. The third-order valence-corrected chi connectivity index (χ3v) is 5.26. The molecule has 1 aromatic carbocycles. The fourth-order valence-electron chi connectivity index (χ4n) is 3.85. The van der Waals surface area contributed by atoms with Crippen molar-refractivity contribution in [2.24, 2.45) is 0 Å². The third kappa shape index (κ3) is 4.29. The van der Waals surface area contributed by atoms with E-state index >= 15 is 0 Å². The summed E-state index contributed by atoms with van der Waals surface area (Å²) in [5.41, 5.74) is 1.18. The molecule has 0 saturated carbocycles. The molecule has 1 aromatic rings. The topological polar surface area (TPSA) is 32.8 Å². The zero-order chi connectivity index (χ0) is 16.8. The predicted molar refractivity (Wildman–Crippen MR) is 96.3 cm³/mol. The van der Waals surface area contributed by atoms with Crippen molar-refractivity contribution in [3.63, 3.8) is 0 Å². The molecule has 2 fully saturated rings. The Morgan fingerprint density at radius 1 is 1.12 bits per heavy atom. The number of rotatable bonds is 6. The van der Waals surface area contributed by atoms with Gasteiger partial charge in [-0.1, -0.05) is 24.6 Å². The first-order chi connectivity index (χ1) is 11.8. The Morgan fingerprint density at radius 3 is 2.67 bits per heavy atom. The number of likely N-dealkylation sites (tertiary alicyclic amines) is 2. The minimum absolute atomic E-state index is 0.107. The third-order valence-electron chi connectivity index (χ3n) is 5.26. The van der Waals surface area contributed by atoms with Crippen LogP contribution < -0.4 is 4.74 Å². The highest BCUT2D eigenvalue weighted by Crippen LogP contribution is 2.22. The van der Waals surface area contributed by atoms with Crippen molar-refractivity contribution in [1.29, 1.82) is 0 Å². The SMILES string of the molecule is Cc1ccccc1OCCCN1CCCCC1C(=O)N1CCCC1. The van der Waals surface area contributed by atoms with Crippen LogP contribution >= 0.6 is 0 Å². The highest BCUT2D eigenvalue weighted by atomic mass is 16.5. The summed E-state index contributed by atoms with van der Waals surface area (Å²) < 4.78 is 5.90. The van der Waals surface area contributed by atoms with E-state index in [0.717, 1.165) is 44.8 Å². The number of hydrogen-bond donors (Lipinski definition) is 0. The van der Waals surface area contributed by atoms with Gasteiger partial charge in [0.15, 0.2) is 0 Å². The van der Waals surface area contributed by atoms with Gasteiger partial charge in [-0.3, -0.25) is 9.69 Å². The van der Waals surface area contributed by atoms with Gasteiger partial charge >= 0.3 is 0 Å². The van der Waals surface area contributed by atoms with Gasteiger partial charge in [-0.15, -0.1) is 0 Å². The molecule has 1 atom stereocenters. The van der Waals surface area contributed by atoms with Crippen molar-refractivity contribution in [1.82, 2.24) is 9.80 Å². The lowest BCUT2D eigenvalue weighted by molar-refractivity contribution is -0.137. The van der Waals surface area contributed by atoms with Gasteiger partial charge in [-0.05, 0) is 57.2 Å². The molecule has 4 heteroatoms. The van der Waals surface area contributed by atoms with Crippen LogP contribution in [0.3, 0.4) is 0 Å². The molecule has 2 saturated heterocycles. The number of carbonyl (C=O) groups excluding carboxylic acids is 1. The molecule has 0 spiro atoms. The van der Waals surface area contributed by atoms with E-state index in [-0.39, 0.29) is 6.04 Å². The molecule has 24 heavy (non-hydrogen) atoms. The fourth-order valence-corrected chi connectivity index (χ4v) is 3.85. The largest absolute Gasteiger partial charge is 0.493 e. The molecule has 0 aliphatic carbocycles. The van der Waals surface area contributed by atoms with Crippen molar-refractivity contribution < 1.29 is 9.53 Å². The van der Waals surface area contributed by atoms with Crippen LogP contribution in [0, 0.1) is 6.92 Å². The van der Waals surface area contributed by atoms with Crippen LogP contribution in [0.15, 0.2) is 24.3 Å². The van der Waals surface area contributed by atoms with E-state index in [0.29, 0.717) is 12.5 Å². The summed E-state index contributed by atoms with van der Waals surface area (Å²) in [6, 6.07) is 8.25. The Hall–Kier alpha value is -1.55. The number of carbonyl (C=O) groups is 1.